The average Bonchev–Trinajstić information content (AvgIpc) is 2.93. The van der Waals surface area contributed by atoms with Crippen LogP contribution in [0.3, 0.4) is 0 Å². The van der Waals surface area contributed by atoms with Gasteiger partial charge in [0.2, 0.25) is 0 Å². The zero-order valence-corrected chi connectivity index (χ0v) is 13.3. The highest BCUT2D eigenvalue weighted by atomic mass is 35.5. The van der Waals surface area contributed by atoms with Crippen LogP contribution < -0.4 is 0 Å². The number of alkyl halides is 4. The predicted molar refractivity (Wildman–Crippen MR) is 82.3 cm³/mol. The molecule has 0 saturated carbocycles. The number of rotatable bonds is 3. The van der Waals surface area contributed by atoms with E-state index >= 15 is 0 Å². The molecule has 8 heteroatoms. The van der Waals surface area contributed by atoms with Crippen molar-refractivity contribution in [3.05, 3.63) is 47.0 Å². The van der Waals surface area contributed by atoms with Gasteiger partial charge in [0.15, 0.2) is 0 Å². The van der Waals surface area contributed by atoms with Gasteiger partial charge < -0.3 is 0 Å². The van der Waals surface area contributed by atoms with Gasteiger partial charge in [0.1, 0.15) is 11.9 Å². The van der Waals surface area contributed by atoms with Gasteiger partial charge in [-0.2, -0.15) is 13.2 Å². The second-order valence-electron chi connectivity index (χ2n) is 5.71. The summed E-state index contributed by atoms with van der Waals surface area (Å²) in [7, 11) is 0. The van der Waals surface area contributed by atoms with Gasteiger partial charge >= 0.3 is 6.18 Å². The fraction of sp³-hybridized carbons (Fsp3) is 0.375. The van der Waals surface area contributed by atoms with Crippen molar-refractivity contribution in [3.8, 4) is 11.1 Å². The number of aromatic nitrogens is 2. The van der Waals surface area contributed by atoms with Crippen LogP contribution in [0.25, 0.3) is 11.1 Å². The minimum absolute atomic E-state index is 0.324. The zero-order chi connectivity index (χ0) is 17.3. The normalized spacial score (nSPS) is 19.0. The van der Waals surface area contributed by atoms with Crippen LogP contribution in [0.15, 0.2) is 30.6 Å². The van der Waals surface area contributed by atoms with Gasteiger partial charge in [0.05, 0.1) is 10.7 Å². The zero-order valence-electron chi connectivity index (χ0n) is 12.5. The molecule has 0 bridgehead atoms. The number of hydrogen-bond donors (Lipinski definition) is 0. The molecule has 1 atom stereocenters. The molecular weight excluding hydrogens is 346 g/mol. The Kier molecular flexibility index (Phi) is 4.73. The highest BCUT2D eigenvalue weighted by Gasteiger charge is 2.32. The molecule has 1 unspecified atom stereocenters. The van der Waals surface area contributed by atoms with E-state index in [1.54, 1.807) is 6.07 Å². The van der Waals surface area contributed by atoms with Crippen molar-refractivity contribution in [1.82, 2.24) is 14.9 Å². The third-order valence-electron chi connectivity index (χ3n) is 3.88. The third kappa shape index (κ3) is 3.84. The van der Waals surface area contributed by atoms with Crippen molar-refractivity contribution >= 4 is 11.6 Å². The number of nitrogens with zero attached hydrogens (tertiary/aromatic N) is 3. The van der Waals surface area contributed by atoms with Crippen LogP contribution in [0.2, 0.25) is 5.02 Å². The fourth-order valence-corrected chi connectivity index (χ4v) is 2.88. The summed E-state index contributed by atoms with van der Waals surface area (Å²) in [6, 6.07) is 3.95. The molecule has 1 saturated heterocycles. The SMILES string of the molecule is FC1CCN(Cc2cc(-c3ccc(C(F)(F)F)nc3)c(Cl)cn2)C1. The van der Waals surface area contributed by atoms with E-state index in [1.165, 1.54) is 12.3 Å². The molecule has 3 rings (SSSR count). The van der Waals surface area contributed by atoms with Crippen LogP contribution in [0.1, 0.15) is 17.8 Å². The van der Waals surface area contributed by atoms with Crippen molar-refractivity contribution in [2.45, 2.75) is 25.3 Å². The lowest BCUT2D eigenvalue weighted by Crippen LogP contribution is -2.21. The Hall–Kier alpha value is -1.73. The van der Waals surface area contributed by atoms with Crippen LogP contribution in [0, 0.1) is 0 Å². The van der Waals surface area contributed by atoms with E-state index in [0.717, 1.165) is 12.3 Å². The summed E-state index contributed by atoms with van der Waals surface area (Å²) >= 11 is 6.11. The highest BCUT2D eigenvalue weighted by Crippen LogP contribution is 2.31. The largest absolute Gasteiger partial charge is 0.433 e. The van der Waals surface area contributed by atoms with Crippen molar-refractivity contribution in [2.24, 2.45) is 0 Å². The first-order valence-corrected chi connectivity index (χ1v) is 7.75. The Labute approximate surface area is 141 Å². The van der Waals surface area contributed by atoms with Crippen LogP contribution in [0.4, 0.5) is 17.6 Å². The van der Waals surface area contributed by atoms with Gasteiger partial charge in [0, 0.05) is 43.2 Å². The summed E-state index contributed by atoms with van der Waals surface area (Å²) in [6.07, 6.45) is -2.21. The highest BCUT2D eigenvalue weighted by molar-refractivity contribution is 6.33. The maximum Gasteiger partial charge on any atom is 0.433 e. The Balaban J connectivity index is 1.83. The summed E-state index contributed by atoms with van der Waals surface area (Å²) in [5.41, 5.74) is 0.756. The van der Waals surface area contributed by atoms with E-state index in [2.05, 4.69) is 9.97 Å². The molecule has 0 amide bonds. The van der Waals surface area contributed by atoms with Gasteiger partial charge in [-0.05, 0) is 18.6 Å². The molecule has 1 aliphatic heterocycles. The van der Waals surface area contributed by atoms with E-state index in [0.29, 0.717) is 47.9 Å². The number of halogens is 5. The molecule has 0 aliphatic carbocycles. The number of pyridine rings is 2. The second-order valence-corrected chi connectivity index (χ2v) is 6.11. The van der Waals surface area contributed by atoms with E-state index < -0.39 is 18.0 Å². The first-order chi connectivity index (χ1) is 11.3. The maximum atomic E-state index is 13.2. The molecule has 24 heavy (non-hydrogen) atoms. The van der Waals surface area contributed by atoms with Gasteiger partial charge in [0.25, 0.3) is 0 Å². The van der Waals surface area contributed by atoms with Crippen molar-refractivity contribution in [3.63, 3.8) is 0 Å². The lowest BCUT2D eigenvalue weighted by molar-refractivity contribution is -0.141. The lowest BCUT2D eigenvalue weighted by Gasteiger charge is -2.15. The topological polar surface area (TPSA) is 29.0 Å². The number of likely N-dealkylation sites (tertiary alicyclic amines) is 1. The third-order valence-corrected chi connectivity index (χ3v) is 4.18. The minimum atomic E-state index is -4.48. The molecule has 1 fully saturated rings. The van der Waals surface area contributed by atoms with E-state index in [4.69, 9.17) is 11.6 Å². The molecule has 0 aromatic carbocycles. The van der Waals surface area contributed by atoms with E-state index in [1.807, 2.05) is 4.90 Å². The van der Waals surface area contributed by atoms with Crippen molar-refractivity contribution in [2.75, 3.05) is 13.1 Å². The Morgan fingerprint density at radius 2 is 2.00 bits per heavy atom. The van der Waals surface area contributed by atoms with E-state index in [-0.39, 0.29) is 0 Å². The van der Waals surface area contributed by atoms with Crippen LogP contribution in [0.5, 0.6) is 0 Å². The summed E-state index contributed by atoms with van der Waals surface area (Å²) in [5.74, 6) is 0. The molecular formula is C16H14ClF4N3. The monoisotopic (exact) mass is 359 g/mol. The minimum Gasteiger partial charge on any atom is -0.295 e. The van der Waals surface area contributed by atoms with Gasteiger partial charge in [-0.1, -0.05) is 17.7 Å². The number of hydrogen-bond acceptors (Lipinski definition) is 3. The first-order valence-electron chi connectivity index (χ1n) is 7.37. The van der Waals surface area contributed by atoms with Crippen LogP contribution >= 0.6 is 11.6 Å². The molecule has 1 aliphatic rings. The molecule has 0 radical (unpaired) electrons. The molecule has 3 nitrogen and oxygen atoms in total. The summed E-state index contributed by atoms with van der Waals surface area (Å²) in [6.45, 7) is 1.49. The smallest absolute Gasteiger partial charge is 0.295 e. The molecule has 0 spiro atoms. The Bertz CT molecular complexity index is 718. The lowest BCUT2D eigenvalue weighted by atomic mass is 10.1. The fourth-order valence-electron chi connectivity index (χ4n) is 2.67. The van der Waals surface area contributed by atoms with Crippen LogP contribution in [-0.2, 0) is 12.7 Å². The predicted octanol–water partition coefficient (Wildman–Crippen LogP) is 4.36. The quantitative estimate of drug-likeness (QED) is 0.762. The summed E-state index contributed by atoms with van der Waals surface area (Å²) in [4.78, 5) is 9.60. The summed E-state index contributed by atoms with van der Waals surface area (Å²) in [5, 5.41) is 0.324. The molecule has 128 valence electrons. The van der Waals surface area contributed by atoms with Crippen molar-refractivity contribution in [1.29, 1.82) is 0 Å². The van der Waals surface area contributed by atoms with Gasteiger partial charge in [-0.3, -0.25) is 14.9 Å². The van der Waals surface area contributed by atoms with Crippen LogP contribution in [-0.4, -0.2) is 34.1 Å². The first kappa shape index (κ1) is 17.1. The van der Waals surface area contributed by atoms with Gasteiger partial charge in [-0.15, -0.1) is 0 Å². The Morgan fingerprint density at radius 3 is 2.58 bits per heavy atom. The van der Waals surface area contributed by atoms with Gasteiger partial charge in [-0.25, -0.2) is 4.39 Å². The standard InChI is InChI=1S/C16H14ClF4N3/c17-14-7-22-12(9-24-4-3-11(18)8-24)5-13(14)10-1-2-15(23-6-10)16(19,20)21/h1-2,5-7,11H,3-4,8-9H2. The van der Waals surface area contributed by atoms with E-state index in [9.17, 15) is 17.6 Å². The average molecular weight is 360 g/mol. The van der Waals surface area contributed by atoms with Crippen molar-refractivity contribution < 1.29 is 17.6 Å². The second kappa shape index (κ2) is 6.64. The molecule has 2 aromatic heterocycles. The Morgan fingerprint density at radius 1 is 1.21 bits per heavy atom. The maximum absolute atomic E-state index is 13.2. The molecule has 0 N–H and O–H groups in total. The summed E-state index contributed by atoms with van der Waals surface area (Å²) < 4.78 is 51.0. The molecule has 2 aromatic rings. The molecule has 3 heterocycles.